The van der Waals surface area contributed by atoms with Crippen molar-refractivity contribution in [2.75, 3.05) is 0 Å². The normalized spacial score (nSPS) is 10.2. The van der Waals surface area contributed by atoms with Gasteiger partial charge in [-0.15, -0.1) is 0 Å². The molecule has 0 atom stereocenters. The highest BCUT2D eigenvalue weighted by molar-refractivity contribution is 5.78. The molecule has 0 saturated carbocycles. The molecule has 1 aromatic heterocycles. The molecule has 0 aliphatic heterocycles. The van der Waals surface area contributed by atoms with Crippen LogP contribution in [0.15, 0.2) is 30.6 Å². The van der Waals surface area contributed by atoms with Gasteiger partial charge in [0.15, 0.2) is 0 Å². The second kappa shape index (κ2) is 5.89. The first-order valence-corrected chi connectivity index (χ1v) is 5.70. The summed E-state index contributed by atoms with van der Waals surface area (Å²) in [6, 6.07) is 7.21. The largest absolute Gasteiger partial charge is 0.490 e. The van der Waals surface area contributed by atoms with Crippen LogP contribution in [0.4, 0.5) is 5.95 Å². The minimum Gasteiger partial charge on any atom is -0.390 e. The van der Waals surface area contributed by atoms with Crippen LogP contribution >= 0.6 is 0 Å². The number of nitrogens with two attached hydrogens (primary N) is 1. The Morgan fingerprint density at radius 2 is 2.10 bits per heavy atom. The lowest BCUT2D eigenvalue weighted by Gasteiger charge is -2.07. The fourth-order valence-electron chi connectivity index (χ4n) is 1.73. The van der Waals surface area contributed by atoms with Crippen molar-refractivity contribution in [3.8, 4) is 0 Å². The van der Waals surface area contributed by atoms with Gasteiger partial charge in [-0.3, -0.25) is 10.2 Å². The summed E-state index contributed by atoms with van der Waals surface area (Å²) in [6.07, 6.45) is 1.40. The molecule has 2 rings (SSSR count). The van der Waals surface area contributed by atoms with Crippen LogP contribution in [0.5, 0.6) is 0 Å². The van der Waals surface area contributed by atoms with E-state index in [0.717, 1.165) is 11.1 Å². The van der Waals surface area contributed by atoms with Gasteiger partial charge in [0.2, 0.25) is 12.2 Å². The summed E-state index contributed by atoms with van der Waals surface area (Å²) in [5.74, 6) is 4.28. The van der Waals surface area contributed by atoms with Gasteiger partial charge in [-0.1, -0.05) is 29.2 Å². The van der Waals surface area contributed by atoms with E-state index < -0.39 is 10.9 Å². The second-order valence-electron chi connectivity index (χ2n) is 4.01. The molecular formula is C11H12N6O3. The molecule has 2 aromatic rings. The van der Waals surface area contributed by atoms with E-state index in [4.69, 9.17) is 5.84 Å². The molecule has 9 heteroatoms. The van der Waals surface area contributed by atoms with Crippen LogP contribution in [-0.4, -0.2) is 25.6 Å². The third-order valence-electron chi connectivity index (χ3n) is 2.65. The summed E-state index contributed by atoms with van der Waals surface area (Å²) in [5, 5.41) is 14.2. The van der Waals surface area contributed by atoms with Gasteiger partial charge in [0.05, 0.1) is 13.0 Å². The molecule has 0 fully saturated rings. The fraction of sp³-hybridized carbons (Fsp3) is 0.182. The second-order valence-corrected chi connectivity index (χ2v) is 4.01. The maximum absolute atomic E-state index is 11.3. The molecule has 1 aromatic carbocycles. The van der Waals surface area contributed by atoms with Gasteiger partial charge >= 0.3 is 5.95 Å². The highest BCUT2D eigenvalue weighted by Crippen LogP contribution is 2.12. The Hall–Kier alpha value is -2.81. The first-order chi connectivity index (χ1) is 9.60. The average Bonchev–Trinajstić information content (AvgIpc) is 2.89. The lowest BCUT2D eigenvalue weighted by molar-refractivity contribution is -0.394. The van der Waals surface area contributed by atoms with Crippen LogP contribution in [0, 0.1) is 10.1 Å². The Labute approximate surface area is 113 Å². The highest BCUT2D eigenvalue weighted by Gasteiger charge is 2.14. The van der Waals surface area contributed by atoms with Crippen molar-refractivity contribution >= 4 is 11.9 Å². The number of aromatic nitrogens is 3. The lowest BCUT2D eigenvalue weighted by atomic mass is 10.0. The topological polar surface area (TPSA) is 129 Å². The minimum atomic E-state index is -0.662. The van der Waals surface area contributed by atoms with Crippen LogP contribution in [0.1, 0.15) is 11.1 Å². The Bertz CT molecular complexity index is 639. The van der Waals surface area contributed by atoms with Crippen LogP contribution in [0.25, 0.3) is 0 Å². The number of carbonyl (C=O) groups is 1. The standard InChI is InChI=1S/C11H12N6O3/c12-14-10(18)5-8-3-1-2-4-9(8)6-16-7-13-11(15-16)17(19)20/h1-4,7H,5-6,12H2,(H,14,18). The number of benzene rings is 1. The predicted octanol–water partition coefficient (Wildman–Crippen LogP) is -0.233. The summed E-state index contributed by atoms with van der Waals surface area (Å²) in [7, 11) is 0. The molecule has 9 nitrogen and oxygen atoms in total. The Kier molecular flexibility index (Phi) is 4.01. The number of nitro groups is 1. The summed E-state index contributed by atoms with van der Waals surface area (Å²) in [6.45, 7) is 0.287. The Balaban J connectivity index is 2.19. The van der Waals surface area contributed by atoms with Gasteiger partial charge in [-0.25, -0.2) is 5.84 Å². The van der Waals surface area contributed by atoms with Crippen molar-refractivity contribution in [3.63, 3.8) is 0 Å². The van der Waals surface area contributed by atoms with Crippen molar-refractivity contribution in [1.82, 2.24) is 20.2 Å². The quantitative estimate of drug-likeness (QED) is 0.336. The first kappa shape index (κ1) is 13.6. The van der Waals surface area contributed by atoms with E-state index in [1.54, 1.807) is 12.1 Å². The van der Waals surface area contributed by atoms with E-state index in [9.17, 15) is 14.9 Å². The van der Waals surface area contributed by atoms with Gasteiger partial charge in [0, 0.05) is 5.10 Å². The Morgan fingerprint density at radius 1 is 1.40 bits per heavy atom. The Morgan fingerprint density at radius 3 is 2.70 bits per heavy atom. The summed E-state index contributed by atoms with van der Waals surface area (Å²) >= 11 is 0. The van der Waals surface area contributed by atoms with Gasteiger partial charge in [0.25, 0.3) is 0 Å². The molecule has 1 heterocycles. The van der Waals surface area contributed by atoms with Gasteiger partial charge in [-0.2, -0.15) is 4.68 Å². The number of nitrogens with one attached hydrogen (secondary N) is 1. The van der Waals surface area contributed by atoms with Gasteiger partial charge in [0.1, 0.15) is 0 Å². The smallest absolute Gasteiger partial charge is 0.390 e. The number of carbonyl (C=O) groups excluding carboxylic acids is 1. The maximum atomic E-state index is 11.3. The predicted molar refractivity (Wildman–Crippen MR) is 68.3 cm³/mol. The van der Waals surface area contributed by atoms with Crippen LogP contribution in [0.3, 0.4) is 0 Å². The van der Waals surface area contributed by atoms with Gasteiger partial charge in [-0.05, 0) is 16.1 Å². The molecule has 0 spiro atoms. The molecular weight excluding hydrogens is 264 g/mol. The maximum Gasteiger partial charge on any atom is 0.490 e. The molecule has 0 aliphatic rings. The monoisotopic (exact) mass is 276 g/mol. The van der Waals surface area contributed by atoms with E-state index >= 15 is 0 Å². The van der Waals surface area contributed by atoms with Crippen LogP contribution in [-0.2, 0) is 17.8 Å². The summed E-state index contributed by atoms with van der Waals surface area (Å²) in [4.78, 5) is 24.7. The van der Waals surface area contributed by atoms with Crippen molar-refractivity contribution in [2.45, 2.75) is 13.0 Å². The number of amides is 1. The molecule has 0 aliphatic carbocycles. The van der Waals surface area contributed by atoms with Crippen molar-refractivity contribution in [2.24, 2.45) is 5.84 Å². The van der Waals surface area contributed by atoms with E-state index in [2.05, 4.69) is 15.5 Å². The lowest BCUT2D eigenvalue weighted by Crippen LogP contribution is -2.31. The van der Waals surface area contributed by atoms with Crippen molar-refractivity contribution in [3.05, 3.63) is 51.8 Å². The average molecular weight is 276 g/mol. The third kappa shape index (κ3) is 3.14. The number of nitrogens with zero attached hydrogens (tertiary/aromatic N) is 4. The first-order valence-electron chi connectivity index (χ1n) is 5.70. The zero-order chi connectivity index (χ0) is 14.5. The van der Waals surface area contributed by atoms with E-state index in [1.807, 2.05) is 12.1 Å². The van der Waals surface area contributed by atoms with Crippen molar-refractivity contribution < 1.29 is 9.72 Å². The van der Waals surface area contributed by atoms with Crippen LogP contribution < -0.4 is 11.3 Å². The van der Waals surface area contributed by atoms with Gasteiger partial charge < -0.3 is 10.1 Å². The van der Waals surface area contributed by atoms with E-state index in [1.165, 1.54) is 11.0 Å². The highest BCUT2D eigenvalue weighted by atomic mass is 16.6. The molecule has 0 unspecified atom stereocenters. The molecule has 20 heavy (non-hydrogen) atoms. The number of hydrazine groups is 1. The fourth-order valence-corrected chi connectivity index (χ4v) is 1.73. The SMILES string of the molecule is NNC(=O)Cc1ccccc1Cn1cnc([N+](=O)[O-])n1. The molecule has 1 amide bonds. The summed E-state index contributed by atoms with van der Waals surface area (Å²) in [5.41, 5.74) is 3.65. The molecule has 3 N–H and O–H groups in total. The molecule has 0 saturated heterocycles. The molecule has 104 valence electrons. The molecule has 0 bridgehead atoms. The number of hydrogen-bond acceptors (Lipinski definition) is 6. The van der Waals surface area contributed by atoms with E-state index in [0.29, 0.717) is 0 Å². The van der Waals surface area contributed by atoms with E-state index in [-0.39, 0.29) is 18.9 Å². The number of rotatable bonds is 5. The number of hydrogen-bond donors (Lipinski definition) is 2. The zero-order valence-corrected chi connectivity index (χ0v) is 10.4. The minimum absolute atomic E-state index is 0.128. The van der Waals surface area contributed by atoms with Crippen molar-refractivity contribution in [1.29, 1.82) is 0 Å². The van der Waals surface area contributed by atoms with Crippen LogP contribution in [0.2, 0.25) is 0 Å². The molecule has 0 radical (unpaired) electrons. The zero-order valence-electron chi connectivity index (χ0n) is 10.4. The summed E-state index contributed by atoms with van der Waals surface area (Å²) < 4.78 is 1.34. The third-order valence-corrected chi connectivity index (χ3v) is 2.65.